The molecule has 2 heterocycles. The third-order valence-electron chi connectivity index (χ3n) is 3.53. The number of aromatic nitrogens is 1. The molecule has 0 bridgehead atoms. The van der Waals surface area contributed by atoms with E-state index < -0.39 is 0 Å². The maximum atomic E-state index is 5.74. The highest BCUT2D eigenvalue weighted by molar-refractivity contribution is 4.95. The fourth-order valence-corrected chi connectivity index (χ4v) is 2.35. The number of nitrogens with two attached hydrogens (primary N) is 1. The lowest BCUT2D eigenvalue weighted by atomic mass is 9.94. The van der Waals surface area contributed by atoms with Crippen LogP contribution in [0.5, 0.6) is 0 Å². The third-order valence-corrected chi connectivity index (χ3v) is 3.53. The van der Waals surface area contributed by atoms with Crippen LogP contribution in [0.15, 0.2) is 10.6 Å². The zero-order chi connectivity index (χ0) is 12.1. The summed E-state index contributed by atoms with van der Waals surface area (Å²) in [5.74, 6) is 2.64. The van der Waals surface area contributed by atoms with Crippen LogP contribution in [0, 0.1) is 5.92 Å². The molecule has 0 spiro atoms. The van der Waals surface area contributed by atoms with Gasteiger partial charge in [-0.15, -0.1) is 0 Å². The molecule has 1 aliphatic rings. The molecule has 96 valence electrons. The number of hydrogen-bond donors (Lipinski definition) is 1. The summed E-state index contributed by atoms with van der Waals surface area (Å²) < 4.78 is 5.74. The number of hydrogen-bond acceptors (Lipinski definition) is 4. The van der Waals surface area contributed by atoms with Gasteiger partial charge in [0.15, 0.2) is 5.89 Å². The molecule has 1 fully saturated rings. The zero-order valence-electron chi connectivity index (χ0n) is 10.7. The molecular weight excluding hydrogens is 214 g/mol. The summed E-state index contributed by atoms with van der Waals surface area (Å²) in [6.45, 7) is 3.11. The van der Waals surface area contributed by atoms with Crippen molar-refractivity contribution >= 4 is 0 Å². The van der Waals surface area contributed by atoms with Gasteiger partial charge < -0.3 is 15.1 Å². The van der Waals surface area contributed by atoms with Gasteiger partial charge in [-0.1, -0.05) is 0 Å². The third kappa shape index (κ3) is 3.82. The first-order valence-corrected chi connectivity index (χ1v) is 6.60. The van der Waals surface area contributed by atoms with Gasteiger partial charge in [0.05, 0.1) is 6.20 Å². The van der Waals surface area contributed by atoms with Crippen LogP contribution in [0.3, 0.4) is 0 Å². The van der Waals surface area contributed by atoms with Gasteiger partial charge in [0, 0.05) is 12.8 Å². The Morgan fingerprint density at radius 3 is 2.94 bits per heavy atom. The minimum atomic E-state index is 0.713. The van der Waals surface area contributed by atoms with Crippen LogP contribution in [0.1, 0.15) is 30.9 Å². The van der Waals surface area contributed by atoms with E-state index >= 15 is 0 Å². The van der Waals surface area contributed by atoms with Crippen molar-refractivity contribution in [1.82, 2.24) is 9.88 Å². The number of piperidine rings is 1. The van der Waals surface area contributed by atoms with E-state index in [-0.39, 0.29) is 0 Å². The van der Waals surface area contributed by atoms with Gasteiger partial charge in [-0.3, -0.25) is 0 Å². The maximum Gasteiger partial charge on any atom is 0.194 e. The maximum absolute atomic E-state index is 5.74. The molecule has 0 atom stereocenters. The van der Waals surface area contributed by atoms with E-state index in [0.717, 1.165) is 36.8 Å². The Morgan fingerprint density at radius 1 is 1.47 bits per heavy atom. The highest BCUT2D eigenvalue weighted by Crippen LogP contribution is 2.20. The van der Waals surface area contributed by atoms with Gasteiger partial charge in [-0.2, -0.15) is 0 Å². The minimum Gasteiger partial charge on any atom is -0.446 e. The van der Waals surface area contributed by atoms with Crippen LogP contribution in [0.4, 0.5) is 0 Å². The SMILES string of the molecule is CN1CCC(Cc2ncc(CCCN)o2)CC1. The van der Waals surface area contributed by atoms with Gasteiger partial charge in [-0.25, -0.2) is 4.98 Å². The Hall–Kier alpha value is -0.870. The van der Waals surface area contributed by atoms with Crippen molar-refractivity contribution in [2.45, 2.75) is 32.1 Å². The highest BCUT2D eigenvalue weighted by atomic mass is 16.4. The van der Waals surface area contributed by atoms with Crippen LogP contribution in [-0.2, 0) is 12.8 Å². The Balaban J connectivity index is 1.80. The number of aryl methyl sites for hydroxylation is 1. The Morgan fingerprint density at radius 2 is 2.24 bits per heavy atom. The van der Waals surface area contributed by atoms with E-state index in [1.807, 2.05) is 6.20 Å². The molecule has 2 rings (SSSR count). The Kier molecular flexibility index (Phi) is 4.57. The smallest absolute Gasteiger partial charge is 0.194 e. The lowest BCUT2D eigenvalue weighted by Gasteiger charge is -2.28. The van der Waals surface area contributed by atoms with Gasteiger partial charge in [0.2, 0.25) is 0 Å². The lowest BCUT2D eigenvalue weighted by Crippen LogP contribution is -2.30. The quantitative estimate of drug-likeness (QED) is 0.842. The first kappa shape index (κ1) is 12.6. The molecule has 0 saturated carbocycles. The fraction of sp³-hybridized carbons (Fsp3) is 0.769. The van der Waals surface area contributed by atoms with E-state index in [4.69, 9.17) is 10.2 Å². The van der Waals surface area contributed by atoms with Crippen molar-refractivity contribution in [2.75, 3.05) is 26.7 Å². The zero-order valence-corrected chi connectivity index (χ0v) is 10.7. The molecule has 0 aromatic carbocycles. The molecule has 1 aromatic rings. The molecular formula is C13H23N3O. The second-order valence-electron chi connectivity index (χ2n) is 5.06. The first-order chi connectivity index (χ1) is 8.28. The second-order valence-corrected chi connectivity index (χ2v) is 5.06. The normalized spacial score (nSPS) is 18.7. The largest absolute Gasteiger partial charge is 0.446 e. The highest BCUT2D eigenvalue weighted by Gasteiger charge is 2.18. The Bertz CT molecular complexity index is 329. The molecule has 4 nitrogen and oxygen atoms in total. The summed E-state index contributed by atoms with van der Waals surface area (Å²) in [6.07, 6.45) is 7.27. The average Bonchev–Trinajstić information content (AvgIpc) is 2.77. The molecule has 1 saturated heterocycles. The van der Waals surface area contributed by atoms with E-state index in [2.05, 4.69) is 16.9 Å². The van der Waals surface area contributed by atoms with Crippen LogP contribution in [-0.4, -0.2) is 36.6 Å². The predicted molar refractivity (Wildman–Crippen MR) is 67.8 cm³/mol. The van der Waals surface area contributed by atoms with Gasteiger partial charge in [0.25, 0.3) is 0 Å². The molecule has 1 aromatic heterocycles. The van der Waals surface area contributed by atoms with E-state index in [9.17, 15) is 0 Å². The monoisotopic (exact) mass is 237 g/mol. The van der Waals surface area contributed by atoms with Crippen LogP contribution in [0.25, 0.3) is 0 Å². The molecule has 0 amide bonds. The summed E-state index contributed by atoms with van der Waals surface area (Å²) in [5.41, 5.74) is 5.48. The molecule has 0 unspecified atom stereocenters. The van der Waals surface area contributed by atoms with Crippen LogP contribution >= 0.6 is 0 Å². The van der Waals surface area contributed by atoms with Crippen LogP contribution in [0.2, 0.25) is 0 Å². The number of oxazole rings is 1. The summed E-state index contributed by atoms with van der Waals surface area (Å²) in [5, 5.41) is 0. The van der Waals surface area contributed by atoms with Crippen molar-refractivity contribution in [3.05, 3.63) is 17.8 Å². The van der Waals surface area contributed by atoms with Crippen molar-refractivity contribution < 1.29 is 4.42 Å². The predicted octanol–water partition coefficient (Wildman–Crippen LogP) is 1.45. The lowest BCUT2D eigenvalue weighted by molar-refractivity contribution is 0.211. The molecule has 2 N–H and O–H groups in total. The average molecular weight is 237 g/mol. The van der Waals surface area contributed by atoms with Crippen molar-refractivity contribution in [3.63, 3.8) is 0 Å². The molecule has 0 radical (unpaired) electrons. The molecule has 4 heteroatoms. The van der Waals surface area contributed by atoms with E-state index in [1.54, 1.807) is 0 Å². The van der Waals surface area contributed by atoms with Crippen LogP contribution < -0.4 is 5.73 Å². The summed E-state index contributed by atoms with van der Waals surface area (Å²) in [7, 11) is 2.19. The molecule has 1 aliphatic heterocycles. The fourth-order valence-electron chi connectivity index (χ4n) is 2.35. The van der Waals surface area contributed by atoms with E-state index in [1.165, 1.54) is 25.9 Å². The molecule has 17 heavy (non-hydrogen) atoms. The topological polar surface area (TPSA) is 55.3 Å². The van der Waals surface area contributed by atoms with Crippen molar-refractivity contribution in [2.24, 2.45) is 11.7 Å². The first-order valence-electron chi connectivity index (χ1n) is 6.60. The van der Waals surface area contributed by atoms with Gasteiger partial charge in [-0.05, 0) is 51.9 Å². The standard InChI is InChI=1S/C13H23N3O/c1-16-7-4-11(5-8-16)9-13-15-10-12(17-13)3-2-6-14/h10-11H,2-9,14H2,1H3. The summed E-state index contributed by atoms with van der Waals surface area (Å²) in [4.78, 5) is 6.75. The summed E-state index contributed by atoms with van der Waals surface area (Å²) >= 11 is 0. The van der Waals surface area contributed by atoms with E-state index in [0.29, 0.717) is 6.54 Å². The molecule has 0 aliphatic carbocycles. The number of rotatable bonds is 5. The Labute approximate surface area is 103 Å². The van der Waals surface area contributed by atoms with Gasteiger partial charge in [0.1, 0.15) is 5.76 Å². The van der Waals surface area contributed by atoms with Gasteiger partial charge >= 0.3 is 0 Å². The second kappa shape index (κ2) is 6.17. The number of nitrogens with zero attached hydrogens (tertiary/aromatic N) is 2. The summed E-state index contributed by atoms with van der Waals surface area (Å²) in [6, 6.07) is 0. The number of likely N-dealkylation sites (tertiary alicyclic amines) is 1. The minimum absolute atomic E-state index is 0.713. The van der Waals surface area contributed by atoms with Crippen molar-refractivity contribution in [1.29, 1.82) is 0 Å². The van der Waals surface area contributed by atoms with Crippen molar-refractivity contribution in [3.8, 4) is 0 Å².